The number of carbonyl (C=O) groups is 4. The van der Waals surface area contributed by atoms with Crippen LogP contribution in [0.4, 0.5) is 0 Å². The fraction of sp³-hybridized carbons (Fsp3) is 0.636. The maximum absolute atomic E-state index is 12.0. The molecule has 0 aliphatic rings. The quantitative estimate of drug-likeness (QED) is 0.327. The summed E-state index contributed by atoms with van der Waals surface area (Å²) in [5.74, 6) is -3.07. The minimum Gasteiger partial charge on any atom is -0.370 e. The van der Waals surface area contributed by atoms with Gasteiger partial charge in [0.05, 0.1) is 12.2 Å². The van der Waals surface area contributed by atoms with Crippen molar-refractivity contribution in [3.8, 4) is 0 Å². The van der Waals surface area contributed by atoms with Crippen molar-refractivity contribution in [3.05, 3.63) is 0 Å². The van der Waals surface area contributed by atoms with E-state index in [2.05, 4.69) is 23.3 Å². The van der Waals surface area contributed by atoms with Crippen LogP contribution < -0.4 is 22.1 Å². The summed E-state index contributed by atoms with van der Waals surface area (Å²) in [6.45, 7) is 3.40. The molecule has 0 saturated heterocycles. The Bertz CT molecular complexity index is 400. The van der Waals surface area contributed by atoms with E-state index in [1.807, 2.05) is 0 Å². The van der Waals surface area contributed by atoms with Gasteiger partial charge in [-0.25, -0.2) is 0 Å². The summed E-state index contributed by atoms with van der Waals surface area (Å²) in [5, 5.41) is 4.69. The van der Waals surface area contributed by atoms with Crippen LogP contribution in [-0.2, 0) is 19.2 Å². The molecule has 0 rings (SSSR count). The van der Waals surface area contributed by atoms with Crippen molar-refractivity contribution in [2.45, 2.75) is 32.4 Å². The van der Waals surface area contributed by atoms with Gasteiger partial charge in [-0.1, -0.05) is 13.8 Å². The zero-order valence-electron chi connectivity index (χ0n) is 11.4. The van der Waals surface area contributed by atoms with E-state index in [0.717, 1.165) is 0 Å². The Morgan fingerprint density at radius 2 is 1.65 bits per heavy atom. The molecule has 0 aliphatic carbocycles. The van der Waals surface area contributed by atoms with Gasteiger partial charge in [0.1, 0.15) is 12.1 Å². The molecule has 0 radical (unpaired) electrons. The zero-order chi connectivity index (χ0) is 15.9. The van der Waals surface area contributed by atoms with Crippen LogP contribution in [0.2, 0.25) is 0 Å². The van der Waals surface area contributed by atoms with Gasteiger partial charge in [-0.3, -0.25) is 19.2 Å². The highest BCUT2D eigenvalue weighted by molar-refractivity contribution is 7.81. The van der Waals surface area contributed by atoms with E-state index in [9.17, 15) is 19.2 Å². The summed E-state index contributed by atoms with van der Waals surface area (Å²) in [5.41, 5.74) is 10.2. The molecule has 0 aromatic carbocycles. The Labute approximate surface area is 122 Å². The van der Waals surface area contributed by atoms with Gasteiger partial charge in [-0.15, -0.1) is 0 Å². The second-order valence-electron chi connectivity index (χ2n) is 4.58. The third kappa shape index (κ3) is 6.41. The van der Waals surface area contributed by atoms with Gasteiger partial charge >= 0.3 is 0 Å². The summed E-state index contributed by atoms with van der Waals surface area (Å²) in [7, 11) is 0. The number of nitrogens with two attached hydrogens (primary N) is 2. The number of rotatable bonds is 8. The fourth-order valence-corrected chi connectivity index (χ4v) is 1.56. The van der Waals surface area contributed by atoms with Crippen LogP contribution in [0.5, 0.6) is 0 Å². The molecule has 0 saturated carbocycles. The molecular formula is C11H20N4O4S. The third-order valence-corrected chi connectivity index (χ3v) is 2.76. The van der Waals surface area contributed by atoms with Crippen molar-refractivity contribution in [2.24, 2.45) is 17.4 Å². The second-order valence-corrected chi connectivity index (χ2v) is 4.90. The van der Waals surface area contributed by atoms with Gasteiger partial charge < -0.3 is 22.1 Å². The maximum Gasteiger partial charge on any atom is 0.243 e. The van der Waals surface area contributed by atoms with Gasteiger partial charge in [-0.05, 0) is 5.92 Å². The molecular weight excluding hydrogens is 284 g/mol. The van der Waals surface area contributed by atoms with Gasteiger partial charge in [-0.2, -0.15) is 12.6 Å². The SMILES string of the molecule is CC(C)[C@H](NC(=O)[C@H](CC(N)=O)NC(=O)CS)C(N)=O. The molecule has 0 heterocycles. The molecule has 0 unspecified atom stereocenters. The van der Waals surface area contributed by atoms with Crippen LogP contribution in [0.15, 0.2) is 0 Å². The van der Waals surface area contributed by atoms with Crippen molar-refractivity contribution in [2.75, 3.05) is 5.75 Å². The summed E-state index contributed by atoms with van der Waals surface area (Å²) >= 11 is 3.75. The molecule has 2 atom stereocenters. The first kappa shape index (κ1) is 18.2. The minimum atomic E-state index is -1.16. The van der Waals surface area contributed by atoms with Gasteiger partial charge in [0.15, 0.2) is 0 Å². The molecule has 0 aliphatic heterocycles. The van der Waals surface area contributed by atoms with Crippen LogP contribution in [0.25, 0.3) is 0 Å². The van der Waals surface area contributed by atoms with E-state index in [0.29, 0.717) is 0 Å². The smallest absolute Gasteiger partial charge is 0.243 e. The van der Waals surface area contributed by atoms with Crippen molar-refractivity contribution >= 4 is 36.3 Å². The molecule has 0 aromatic heterocycles. The lowest BCUT2D eigenvalue weighted by molar-refractivity contribution is -0.132. The predicted molar refractivity (Wildman–Crippen MR) is 75.6 cm³/mol. The Hall–Kier alpha value is -1.77. The lowest BCUT2D eigenvalue weighted by atomic mass is 10.0. The number of thiol groups is 1. The maximum atomic E-state index is 12.0. The van der Waals surface area contributed by atoms with Crippen molar-refractivity contribution < 1.29 is 19.2 Å². The lowest BCUT2D eigenvalue weighted by Crippen LogP contribution is -2.55. The molecule has 8 nitrogen and oxygen atoms in total. The van der Waals surface area contributed by atoms with Gasteiger partial charge in [0.25, 0.3) is 0 Å². The topological polar surface area (TPSA) is 144 Å². The fourth-order valence-electron chi connectivity index (χ4n) is 1.47. The number of hydrogen-bond donors (Lipinski definition) is 5. The molecule has 114 valence electrons. The van der Waals surface area contributed by atoms with Crippen LogP contribution in [-0.4, -0.2) is 41.5 Å². The molecule has 0 fully saturated rings. The Balaban J connectivity index is 4.88. The highest BCUT2D eigenvalue weighted by Crippen LogP contribution is 2.02. The summed E-state index contributed by atoms with van der Waals surface area (Å²) < 4.78 is 0. The molecule has 0 aromatic rings. The largest absolute Gasteiger partial charge is 0.370 e. The van der Waals surface area contributed by atoms with E-state index < -0.39 is 35.7 Å². The average Bonchev–Trinajstić information content (AvgIpc) is 2.33. The Kier molecular flexibility index (Phi) is 7.67. The van der Waals surface area contributed by atoms with Gasteiger partial charge in [0, 0.05) is 0 Å². The zero-order valence-corrected chi connectivity index (χ0v) is 12.3. The highest BCUT2D eigenvalue weighted by atomic mass is 32.1. The minimum absolute atomic E-state index is 0.147. The molecule has 9 heteroatoms. The van der Waals surface area contributed by atoms with Crippen LogP contribution in [0.3, 0.4) is 0 Å². The Morgan fingerprint density at radius 1 is 1.10 bits per heavy atom. The first-order valence-corrected chi connectivity index (χ1v) is 6.60. The highest BCUT2D eigenvalue weighted by Gasteiger charge is 2.28. The molecule has 20 heavy (non-hydrogen) atoms. The summed E-state index contributed by atoms with van der Waals surface area (Å²) in [6, 6.07) is -2.06. The molecule has 4 amide bonds. The van der Waals surface area contributed by atoms with Crippen molar-refractivity contribution in [1.29, 1.82) is 0 Å². The average molecular weight is 304 g/mol. The van der Waals surface area contributed by atoms with E-state index >= 15 is 0 Å². The van der Waals surface area contributed by atoms with E-state index in [1.165, 1.54) is 0 Å². The van der Waals surface area contributed by atoms with Gasteiger partial charge in [0.2, 0.25) is 23.6 Å². The van der Waals surface area contributed by atoms with E-state index in [-0.39, 0.29) is 18.1 Å². The van der Waals surface area contributed by atoms with Crippen LogP contribution >= 0.6 is 12.6 Å². The molecule has 6 N–H and O–H groups in total. The summed E-state index contributed by atoms with van der Waals surface area (Å²) in [6.07, 6.45) is -0.380. The van der Waals surface area contributed by atoms with Crippen LogP contribution in [0, 0.1) is 5.92 Å². The van der Waals surface area contributed by atoms with Crippen molar-refractivity contribution in [1.82, 2.24) is 10.6 Å². The molecule has 0 bridgehead atoms. The Morgan fingerprint density at radius 3 is 2.00 bits per heavy atom. The first-order chi connectivity index (χ1) is 9.18. The monoisotopic (exact) mass is 304 g/mol. The standard InChI is InChI=1S/C11H20N4O4S/c1-5(2)9(10(13)18)15-11(19)6(3-7(12)16)14-8(17)4-20/h5-6,9,20H,3-4H2,1-2H3,(H2,12,16)(H2,13,18)(H,14,17)(H,15,19)/t6-,9-/m0/s1. The number of amides is 4. The normalized spacial score (nSPS) is 13.4. The molecule has 0 spiro atoms. The van der Waals surface area contributed by atoms with E-state index in [1.54, 1.807) is 13.8 Å². The van der Waals surface area contributed by atoms with Crippen LogP contribution in [0.1, 0.15) is 20.3 Å². The second kappa shape index (κ2) is 8.41. The number of primary amides is 2. The number of carbonyl (C=O) groups excluding carboxylic acids is 4. The van der Waals surface area contributed by atoms with E-state index in [4.69, 9.17) is 11.5 Å². The van der Waals surface area contributed by atoms with Crippen molar-refractivity contribution in [3.63, 3.8) is 0 Å². The lowest BCUT2D eigenvalue weighted by Gasteiger charge is -2.23. The summed E-state index contributed by atoms with van der Waals surface area (Å²) in [4.78, 5) is 45.4. The number of nitrogens with one attached hydrogen (secondary N) is 2. The third-order valence-electron chi connectivity index (χ3n) is 2.47. The number of hydrogen-bond acceptors (Lipinski definition) is 5. The predicted octanol–water partition coefficient (Wildman–Crippen LogP) is -2.10. The first-order valence-electron chi connectivity index (χ1n) is 5.97.